The molecule has 0 unspecified atom stereocenters. The predicted molar refractivity (Wildman–Crippen MR) is 110 cm³/mol. The van der Waals surface area contributed by atoms with Crippen molar-refractivity contribution in [3.8, 4) is 0 Å². The van der Waals surface area contributed by atoms with Crippen molar-refractivity contribution in [3.63, 3.8) is 0 Å². The Bertz CT molecular complexity index is 1040. The second-order valence-corrected chi connectivity index (χ2v) is 9.90. The standard InChI is InChI=1S/C20H25N5O3S/c1-10-12-11(2)21-16(19(3,4)5)22-14(12)29-13(10)15(26)25-8-6-20(7-9-25)17(27)23-18(28)24-20/h6-9H2,1-5H3,(H2,23,24,27,28). The highest BCUT2D eigenvalue weighted by Crippen LogP contribution is 2.35. The summed E-state index contributed by atoms with van der Waals surface area (Å²) in [7, 11) is 0. The van der Waals surface area contributed by atoms with Crippen molar-refractivity contribution in [3.05, 3.63) is 22.0 Å². The average Bonchev–Trinajstić information content (AvgIpc) is 3.11. The van der Waals surface area contributed by atoms with Crippen LogP contribution in [0, 0.1) is 13.8 Å². The fourth-order valence-electron chi connectivity index (χ4n) is 3.99. The van der Waals surface area contributed by atoms with E-state index in [2.05, 4.69) is 36.4 Å². The van der Waals surface area contributed by atoms with Gasteiger partial charge in [0.1, 0.15) is 16.2 Å². The van der Waals surface area contributed by atoms with E-state index >= 15 is 0 Å². The first kappa shape index (κ1) is 19.8. The van der Waals surface area contributed by atoms with Gasteiger partial charge in [-0.25, -0.2) is 14.8 Å². The zero-order chi connectivity index (χ0) is 21.1. The Morgan fingerprint density at radius 2 is 1.79 bits per heavy atom. The van der Waals surface area contributed by atoms with Crippen LogP contribution in [0.5, 0.6) is 0 Å². The predicted octanol–water partition coefficient (Wildman–Crippen LogP) is 2.42. The Morgan fingerprint density at radius 1 is 1.14 bits per heavy atom. The van der Waals surface area contributed by atoms with Gasteiger partial charge in [0.2, 0.25) is 0 Å². The minimum absolute atomic E-state index is 0.0539. The molecule has 8 nitrogen and oxygen atoms in total. The van der Waals surface area contributed by atoms with Gasteiger partial charge in [0.05, 0.1) is 10.6 Å². The van der Waals surface area contributed by atoms with Crippen molar-refractivity contribution in [2.45, 2.75) is 58.4 Å². The fraction of sp³-hybridized carbons (Fsp3) is 0.550. The van der Waals surface area contributed by atoms with E-state index in [0.29, 0.717) is 30.8 Å². The molecule has 2 aromatic heterocycles. The highest BCUT2D eigenvalue weighted by atomic mass is 32.1. The maximum Gasteiger partial charge on any atom is 0.322 e. The highest BCUT2D eigenvalue weighted by molar-refractivity contribution is 7.20. The van der Waals surface area contributed by atoms with Gasteiger partial charge in [0, 0.05) is 23.9 Å². The number of thiophene rings is 1. The number of nitrogens with one attached hydrogen (secondary N) is 2. The minimum Gasteiger partial charge on any atom is -0.338 e. The zero-order valence-electron chi connectivity index (χ0n) is 17.3. The molecule has 0 aliphatic carbocycles. The summed E-state index contributed by atoms with van der Waals surface area (Å²) in [6.45, 7) is 10.9. The smallest absolute Gasteiger partial charge is 0.322 e. The van der Waals surface area contributed by atoms with Crippen LogP contribution in [0.2, 0.25) is 0 Å². The van der Waals surface area contributed by atoms with Crippen molar-refractivity contribution in [2.75, 3.05) is 13.1 Å². The van der Waals surface area contributed by atoms with Crippen molar-refractivity contribution >= 4 is 39.4 Å². The van der Waals surface area contributed by atoms with Gasteiger partial charge in [0.25, 0.3) is 11.8 Å². The highest BCUT2D eigenvalue weighted by Gasteiger charge is 2.48. The number of carbonyl (C=O) groups excluding carboxylic acids is 3. The normalized spacial score (nSPS) is 19.0. The molecule has 2 fully saturated rings. The van der Waals surface area contributed by atoms with Gasteiger partial charge in [-0.05, 0) is 32.3 Å². The van der Waals surface area contributed by atoms with E-state index in [1.54, 1.807) is 4.90 Å². The first-order chi connectivity index (χ1) is 13.5. The van der Waals surface area contributed by atoms with Gasteiger partial charge >= 0.3 is 6.03 Å². The molecular formula is C20H25N5O3S. The van der Waals surface area contributed by atoms with Crippen LogP contribution in [0.25, 0.3) is 10.2 Å². The summed E-state index contributed by atoms with van der Waals surface area (Å²) in [4.78, 5) is 49.5. The number of fused-ring (bicyclic) bond motifs is 1. The molecule has 4 amide bonds. The molecule has 2 N–H and O–H groups in total. The molecular weight excluding hydrogens is 390 g/mol. The quantitative estimate of drug-likeness (QED) is 0.696. The monoisotopic (exact) mass is 415 g/mol. The van der Waals surface area contributed by atoms with Gasteiger partial charge in [0.15, 0.2) is 0 Å². The van der Waals surface area contributed by atoms with Crippen LogP contribution in [-0.4, -0.2) is 51.3 Å². The molecule has 1 spiro atoms. The molecule has 9 heteroatoms. The number of imide groups is 1. The molecule has 0 bridgehead atoms. The molecule has 29 heavy (non-hydrogen) atoms. The van der Waals surface area contributed by atoms with Gasteiger partial charge in [-0.3, -0.25) is 14.9 Å². The van der Waals surface area contributed by atoms with E-state index in [4.69, 9.17) is 4.98 Å². The Balaban J connectivity index is 1.61. The Morgan fingerprint density at radius 3 is 2.34 bits per heavy atom. The van der Waals surface area contributed by atoms with E-state index in [1.807, 2.05) is 13.8 Å². The third-order valence-electron chi connectivity index (χ3n) is 5.75. The molecule has 0 atom stereocenters. The number of aryl methyl sites for hydroxylation is 2. The van der Waals surface area contributed by atoms with Gasteiger partial charge in [-0.2, -0.15) is 0 Å². The van der Waals surface area contributed by atoms with Crippen LogP contribution >= 0.6 is 11.3 Å². The molecule has 2 aromatic rings. The molecule has 0 aromatic carbocycles. The van der Waals surface area contributed by atoms with Crippen molar-refractivity contribution in [1.29, 1.82) is 0 Å². The number of urea groups is 1. The summed E-state index contributed by atoms with van der Waals surface area (Å²) >= 11 is 1.40. The lowest BCUT2D eigenvalue weighted by Crippen LogP contribution is -2.55. The van der Waals surface area contributed by atoms with E-state index in [9.17, 15) is 14.4 Å². The maximum atomic E-state index is 13.2. The molecule has 154 valence electrons. The van der Waals surface area contributed by atoms with Crippen LogP contribution in [0.15, 0.2) is 0 Å². The third kappa shape index (κ3) is 3.17. The number of piperidine rings is 1. The molecule has 4 rings (SSSR count). The minimum atomic E-state index is -0.882. The summed E-state index contributed by atoms with van der Waals surface area (Å²) in [5, 5.41) is 5.97. The number of hydrogen-bond acceptors (Lipinski definition) is 6. The maximum absolute atomic E-state index is 13.2. The zero-order valence-corrected chi connectivity index (χ0v) is 18.1. The van der Waals surface area contributed by atoms with E-state index in [-0.39, 0.29) is 17.2 Å². The van der Waals surface area contributed by atoms with Crippen molar-refractivity contribution < 1.29 is 14.4 Å². The van der Waals surface area contributed by atoms with Crippen LogP contribution in [0.3, 0.4) is 0 Å². The fourth-order valence-corrected chi connectivity index (χ4v) is 5.19. The molecule has 0 saturated carbocycles. The lowest BCUT2D eigenvalue weighted by Gasteiger charge is -2.36. The lowest BCUT2D eigenvalue weighted by atomic mass is 9.87. The number of rotatable bonds is 1. The number of aromatic nitrogens is 2. The SMILES string of the molecule is Cc1nc(C(C)(C)C)nc2sc(C(=O)N3CCC4(CC3)NC(=O)NC4=O)c(C)c12. The number of carbonyl (C=O) groups is 3. The summed E-state index contributed by atoms with van der Waals surface area (Å²) < 4.78 is 0. The Labute approximate surface area is 173 Å². The molecule has 2 aliphatic rings. The van der Waals surface area contributed by atoms with Crippen LogP contribution in [0.4, 0.5) is 4.79 Å². The first-order valence-electron chi connectivity index (χ1n) is 9.73. The number of amides is 4. The van der Waals surface area contributed by atoms with Crippen LogP contribution < -0.4 is 10.6 Å². The summed E-state index contributed by atoms with van der Waals surface area (Å²) in [5.74, 6) is 0.417. The van der Waals surface area contributed by atoms with Gasteiger partial charge in [-0.15, -0.1) is 11.3 Å². The Kier molecular flexibility index (Phi) is 4.41. The largest absolute Gasteiger partial charge is 0.338 e. The van der Waals surface area contributed by atoms with E-state index in [1.165, 1.54) is 11.3 Å². The summed E-state index contributed by atoms with van der Waals surface area (Å²) in [6.07, 6.45) is 0.820. The van der Waals surface area contributed by atoms with Gasteiger partial charge < -0.3 is 10.2 Å². The molecule has 2 aliphatic heterocycles. The third-order valence-corrected chi connectivity index (χ3v) is 6.93. The topological polar surface area (TPSA) is 104 Å². The van der Waals surface area contributed by atoms with Crippen molar-refractivity contribution in [2.24, 2.45) is 0 Å². The van der Waals surface area contributed by atoms with Gasteiger partial charge in [-0.1, -0.05) is 20.8 Å². The second-order valence-electron chi connectivity index (χ2n) is 8.90. The van der Waals surface area contributed by atoms with E-state index in [0.717, 1.165) is 27.3 Å². The summed E-state index contributed by atoms with van der Waals surface area (Å²) in [6, 6.07) is -0.459. The number of likely N-dealkylation sites (tertiary alicyclic amines) is 1. The van der Waals surface area contributed by atoms with Crippen molar-refractivity contribution in [1.82, 2.24) is 25.5 Å². The van der Waals surface area contributed by atoms with E-state index < -0.39 is 11.6 Å². The van der Waals surface area contributed by atoms with Crippen LogP contribution in [-0.2, 0) is 10.2 Å². The van der Waals surface area contributed by atoms with Crippen LogP contribution in [0.1, 0.15) is 60.4 Å². The molecule has 4 heterocycles. The number of hydrogen-bond donors (Lipinski definition) is 2. The lowest BCUT2D eigenvalue weighted by molar-refractivity contribution is -0.125. The number of nitrogens with zero attached hydrogens (tertiary/aromatic N) is 3. The molecule has 2 saturated heterocycles. The average molecular weight is 416 g/mol. The second kappa shape index (κ2) is 6.48. The first-order valence-corrected chi connectivity index (χ1v) is 10.5. The molecule has 0 radical (unpaired) electrons. The summed E-state index contributed by atoms with van der Waals surface area (Å²) in [5.41, 5.74) is 0.733. The Hall–Kier alpha value is -2.55.